The van der Waals surface area contributed by atoms with Crippen LogP contribution in [0.15, 0.2) is 47.1 Å². The Kier molecular flexibility index (Phi) is 3.97. The van der Waals surface area contributed by atoms with Gasteiger partial charge < -0.3 is 10.2 Å². The van der Waals surface area contributed by atoms with Crippen LogP contribution < -0.4 is 10.5 Å². The molecule has 138 valence electrons. The third-order valence-corrected chi connectivity index (χ3v) is 4.16. The molecule has 0 atom stereocenters. The normalized spacial score (nSPS) is 11.7. The first-order chi connectivity index (χ1) is 12.9. The fraction of sp³-hybridized carbons (Fsp3) is 0.0667. The number of nitrogens with zero attached hydrogens (tertiary/aromatic N) is 5. The summed E-state index contributed by atoms with van der Waals surface area (Å²) in [5, 5.41) is 8.23. The van der Waals surface area contributed by atoms with Crippen LogP contribution in [0.3, 0.4) is 0 Å². The molecule has 1 aromatic carbocycles. The van der Waals surface area contributed by atoms with Gasteiger partial charge in [0.25, 0.3) is 0 Å². The van der Waals surface area contributed by atoms with Crippen molar-refractivity contribution in [2.24, 2.45) is 0 Å². The van der Waals surface area contributed by atoms with E-state index >= 15 is 0 Å². The molecule has 0 bridgehead atoms. The van der Waals surface area contributed by atoms with Gasteiger partial charge in [-0.25, -0.2) is 9.67 Å². The highest BCUT2D eigenvalue weighted by Crippen LogP contribution is 2.25. The Bertz CT molecular complexity index is 1200. The van der Waals surface area contributed by atoms with Crippen LogP contribution in [0.4, 0.5) is 11.6 Å². The lowest BCUT2D eigenvalue weighted by atomic mass is 10.2. The number of aromatic nitrogens is 5. The molecule has 0 unspecified atom stereocenters. The van der Waals surface area contributed by atoms with Crippen molar-refractivity contribution in [3.05, 3.63) is 48.2 Å². The fourth-order valence-corrected chi connectivity index (χ4v) is 3.00. The molecule has 3 heterocycles. The lowest BCUT2D eigenvalue weighted by Crippen LogP contribution is -2.10. The molecule has 4 rings (SSSR count). The molecule has 11 nitrogen and oxygen atoms in total. The molecule has 0 spiro atoms. The monoisotopic (exact) mass is 387 g/mol. The summed E-state index contributed by atoms with van der Waals surface area (Å²) in [5.41, 5.74) is 8.18. The number of fused-ring (bicyclic) bond motifs is 1. The van der Waals surface area contributed by atoms with Crippen LogP contribution in [-0.2, 0) is 16.8 Å². The van der Waals surface area contributed by atoms with Crippen LogP contribution in [0.5, 0.6) is 0 Å². The molecule has 0 aliphatic heterocycles. The summed E-state index contributed by atoms with van der Waals surface area (Å²) in [6.45, 7) is 0.316. The first-order valence-corrected chi connectivity index (χ1v) is 9.08. The van der Waals surface area contributed by atoms with E-state index in [1.54, 1.807) is 28.9 Å². The van der Waals surface area contributed by atoms with E-state index in [0.717, 1.165) is 5.56 Å². The maximum atomic E-state index is 10.8. The average Bonchev–Trinajstić information content (AvgIpc) is 3.25. The Hall–Kier alpha value is -3.51. The van der Waals surface area contributed by atoms with Crippen molar-refractivity contribution in [1.82, 2.24) is 25.0 Å². The molecule has 3 aromatic heterocycles. The number of rotatable bonds is 5. The quantitative estimate of drug-likeness (QED) is 0.429. The molecule has 12 heteroatoms. The van der Waals surface area contributed by atoms with Crippen molar-refractivity contribution in [3.8, 4) is 11.5 Å². The van der Waals surface area contributed by atoms with Gasteiger partial charge in [-0.15, -0.1) is 5.10 Å². The van der Waals surface area contributed by atoms with Crippen LogP contribution in [0.25, 0.3) is 22.6 Å². The Labute approximate surface area is 152 Å². The number of hydrogen-bond acceptors (Lipinski definition) is 8. The zero-order valence-corrected chi connectivity index (χ0v) is 14.5. The van der Waals surface area contributed by atoms with Crippen molar-refractivity contribution in [1.29, 1.82) is 0 Å². The molecule has 0 fully saturated rings. The number of nitrogen functional groups attached to an aromatic ring is 1. The number of nitrogens with one attached hydrogen (secondary N) is 1. The average molecular weight is 387 g/mol. The minimum atomic E-state index is -4.32. The van der Waals surface area contributed by atoms with Gasteiger partial charge in [0.15, 0.2) is 16.9 Å². The summed E-state index contributed by atoms with van der Waals surface area (Å²) >= 11 is 0. The van der Waals surface area contributed by atoms with Crippen molar-refractivity contribution in [3.63, 3.8) is 0 Å². The molecule has 4 aromatic rings. The first kappa shape index (κ1) is 16.9. The molecule has 0 saturated carbocycles. The SMILES string of the molecule is Nc1nc(-c2ccco2)c2nnn(Cc3ccc(NS(=O)(=O)O)cc3)c2n1. The van der Waals surface area contributed by atoms with Crippen LogP contribution >= 0.6 is 0 Å². The summed E-state index contributed by atoms with van der Waals surface area (Å²) < 4.78 is 39.4. The van der Waals surface area contributed by atoms with Gasteiger partial charge in [-0.2, -0.15) is 13.4 Å². The Morgan fingerprint density at radius 3 is 2.63 bits per heavy atom. The lowest BCUT2D eigenvalue weighted by molar-refractivity contribution is 0.489. The van der Waals surface area contributed by atoms with E-state index in [4.69, 9.17) is 14.7 Å². The molecule has 0 aliphatic rings. The Balaban J connectivity index is 1.67. The second kappa shape index (κ2) is 6.34. The van der Waals surface area contributed by atoms with E-state index in [-0.39, 0.29) is 11.6 Å². The van der Waals surface area contributed by atoms with Crippen LogP contribution in [0.1, 0.15) is 5.56 Å². The largest absolute Gasteiger partial charge is 0.463 e. The predicted molar refractivity (Wildman–Crippen MR) is 95.9 cm³/mol. The number of furan rings is 1. The number of anilines is 2. The van der Waals surface area contributed by atoms with Crippen LogP contribution in [0, 0.1) is 0 Å². The van der Waals surface area contributed by atoms with E-state index in [1.807, 2.05) is 4.72 Å². The Morgan fingerprint density at radius 1 is 1.19 bits per heavy atom. The highest BCUT2D eigenvalue weighted by atomic mass is 32.2. The van der Waals surface area contributed by atoms with E-state index in [9.17, 15) is 8.42 Å². The third-order valence-electron chi connectivity index (χ3n) is 3.67. The maximum Gasteiger partial charge on any atom is 0.357 e. The first-order valence-electron chi connectivity index (χ1n) is 7.64. The van der Waals surface area contributed by atoms with E-state index in [1.165, 1.54) is 18.4 Å². The number of nitrogens with two attached hydrogens (primary N) is 1. The summed E-state index contributed by atoms with van der Waals surface area (Å²) in [5.74, 6) is 0.562. The molecule has 0 saturated heterocycles. The molecule has 4 N–H and O–H groups in total. The summed E-state index contributed by atoms with van der Waals surface area (Å²) in [7, 11) is -4.32. The number of hydrogen-bond donors (Lipinski definition) is 3. The summed E-state index contributed by atoms with van der Waals surface area (Å²) in [4.78, 5) is 8.38. The highest BCUT2D eigenvalue weighted by molar-refractivity contribution is 7.87. The second-order valence-electron chi connectivity index (χ2n) is 5.60. The molecular formula is C15H13N7O4S. The van der Waals surface area contributed by atoms with E-state index in [2.05, 4.69) is 20.3 Å². The van der Waals surface area contributed by atoms with E-state index < -0.39 is 10.3 Å². The van der Waals surface area contributed by atoms with Gasteiger partial charge in [0.1, 0.15) is 5.69 Å². The summed E-state index contributed by atoms with van der Waals surface area (Å²) in [6.07, 6.45) is 1.52. The van der Waals surface area contributed by atoms with Gasteiger partial charge in [-0.1, -0.05) is 17.3 Å². The summed E-state index contributed by atoms with van der Waals surface area (Å²) in [6, 6.07) is 9.85. The smallest absolute Gasteiger partial charge is 0.357 e. The lowest BCUT2D eigenvalue weighted by Gasteiger charge is -2.06. The highest BCUT2D eigenvalue weighted by Gasteiger charge is 2.17. The van der Waals surface area contributed by atoms with Gasteiger partial charge in [0.2, 0.25) is 5.95 Å². The fourth-order valence-electron chi connectivity index (χ4n) is 2.56. The number of benzene rings is 1. The minimum absolute atomic E-state index is 0.0603. The van der Waals surface area contributed by atoms with Gasteiger partial charge in [0, 0.05) is 0 Å². The maximum absolute atomic E-state index is 10.8. The van der Waals surface area contributed by atoms with Gasteiger partial charge >= 0.3 is 10.3 Å². The van der Waals surface area contributed by atoms with Crippen molar-refractivity contribution >= 4 is 33.1 Å². The van der Waals surface area contributed by atoms with Crippen molar-refractivity contribution < 1.29 is 17.4 Å². The topological polar surface area (TPSA) is 162 Å². The van der Waals surface area contributed by atoms with Gasteiger partial charge in [0.05, 0.1) is 18.5 Å². The van der Waals surface area contributed by atoms with Gasteiger partial charge in [-0.05, 0) is 29.8 Å². The van der Waals surface area contributed by atoms with Crippen molar-refractivity contribution in [2.75, 3.05) is 10.5 Å². The molecule has 27 heavy (non-hydrogen) atoms. The zero-order chi connectivity index (χ0) is 19.0. The molecule has 0 aliphatic carbocycles. The van der Waals surface area contributed by atoms with Crippen LogP contribution in [0.2, 0.25) is 0 Å². The molecule has 0 amide bonds. The van der Waals surface area contributed by atoms with Crippen LogP contribution in [-0.4, -0.2) is 37.9 Å². The third kappa shape index (κ3) is 3.56. The van der Waals surface area contributed by atoms with Crippen molar-refractivity contribution in [2.45, 2.75) is 6.54 Å². The van der Waals surface area contributed by atoms with Gasteiger partial charge in [-0.3, -0.25) is 9.27 Å². The molecular weight excluding hydrogens is 374 g/mol. The van der Waals surface area contributed by atoms with E-state index in [0.29, 0.717) is 29.2 Å². The molecule has 0 radical (unpaired) electrons. The predicted octanol–water partition coefficient (Wildman–Crippen LogP) is 1.33. The Morgan fingerprint density at radius 2 is 1.96 bits per heavy atom. The minimum Gasteiger partial charge on any atom is -0.463 e. The standard InChI is InChI=1S/C15H13N7O4S/c16-15-17-12(11-2-1-7-26-11)13-14(18-15)22(21-19-13)8-9-3-5-10(6-4-9)20-27(23,24)25/h1-7,20H,8H2,(H2,16,17,18)(H,23,24,25). The second-order valence-corrected chi connectivity index (χ2v) is 6.76. The zero-order valence-electron chi connectivity index (χ0n) is 13.6.